The number of benzene rings is 2. The summed E-state index contributed by atoms with van der Waals surface area (Å²) in [5.41, 5.74) is 3.59. The van der Waals surface area contributed by atoms with Gasteiger partial charge in [0.05, 0.1) is 13.2 Å². The lowest BCUT2D eigenvalue weighted by atomic mass is 10.0. The summed E-state index contributed by atoms with van der Waals surface area (Å²) in [5, 5.41) is 3.50. The molecule has 1 atom stereocenters. The molecule has 0 saturated carbocycles. The van der Waals surface area contributed by atoms with Gasteiger partial charge in [-0.2, -0.15) is 0 Å². The molecule has 1 fully saturated rings. The third kappa shape index (κ3) is 4.22. The van der Waals surface area contributed by atoms with E-state index >= 15 is 0 Å². The number of imidazole rings is 1. The average molecular weight is 399 g/mol. The summed E-state index contributed by atoms with van der Waals surface area (Å²) in [6.07, 6.45) is 3.88. The molecule has 0 amide bonds. The fourth-order valence-corrected chi connectivity index (χ4v) is 3.79. The molecular formula is C22H27ClN4O. The first-order chi connectivity index (χ1) is 13.3. The zero-order chi connectivity index (χ0) is 18.6. The SMILES string of the molecule is COc1cc(-c2ccccc2)ccc1CN1CCNCC1c1nccn1C.Cl. The summed E-state index contributed by atoms with van der Waals surface area (Å²) in [7, 11) is 3.81. The minimum absolute atomic E-state index is 0. The van der Waals surface area contributed by atoms with Gasteiger partial charge >= 0.3 is 0 Å². The quantitative estimate of drug-likeness (QED) is 0.712. The fraction of sp³-hybridized carbons (Fsp3) is 0.318. The van der Waals surface area contributed by atoms with Crippen LogP contribution in [0.1, 0.15) is 17.4 Å². The Morgan fingerprint density at radius 3 is 2.68 bits per heavy atom. The Kier molecular flexibility index (Phi) is 6.73. The molecule has 2 heterocycles. The van der Waals surface area contributed by atoms with Gasteiger partial charge in [-0.3, -0.25) is 4.90 Å². The molecule has 1 aromatic heterocycles. The molecule has 6 heteroatoms. The number of aromatic nitrogens is 2. The zero-order valence-corrected chi connectivity index (χ0v) is 17.2. The van der Waals surface area contributed by atoms with Gasteiger partial charge in [-0.15, -0.1) is 12.4 Å². The van der Waals surface area contributed by atoms with Crippen molar-refractivity contribution in [2.75, 3.05) is 26.7 Å². The maximum absolute atomic E-state index is 5.74. The predicted molar refractivity (Wildman–Crippen MR) is 115 cm³/mol. The van der Waals surface area contributed by atoms with Crippen molar-refractivity contribution in [3.05, 3.63) is 72.3 Å². The molecule has 1 N–H and O–H groups in total. The van der Waals surface area contributed by atoms with Crippen molar-refractivity contribution in [1.29, 1.82) is 0 Å². The van der Waals surface area contributed by atoms with Crippen LogP contribution >= 0.6 is 12.4 Å². The molecule has 1 aliphatic heterocycles. The summed E-state index contributed by atoms with van der Waals surface area (Å²) >= 11 is 0. The maximum Gasteiger partial charge on any atom is 0.127 e. The molecule has 1 aliphatic rings. The molecule has 148 valence electrons. The van der Waals surface area contributed by atoms with Crippen LogP contribution in [0, 0.1) is 0 Å². The van der Waals surface area contributed by atoms with E-state index in [1.165, 1.54) is 16.7 Å². The van der Waals surface area contributed by atoms with E-state index in [0.29, 0.717) is 0 Å². The standard InChI is InChI=1S/C22H26N4O.ClH/c1-25-12-11-24-22(25)20-15-23-10-13-26(20)16-19-9-8-18(14-21(19)27-2)17-6-4-3-5-7-17;/h3-9,11-12,14,20,23H,10,13,15-16H2,1-2H3;1H. The maximum atomic E-state index is 5.74. The van der Waals surface area contributed by atoms with Crippen molar-refractivity contribution < 1.29 is 4.74 Å². The molecule has 1 unspecified atom stereocenters. The molecule has 5 nitrogen and oxygen atoms in total. The number of piperazine rings is 1. The van der Waals surface area contributed by atoms with Crippen molar-refractivity contribution in [2.45, 2.75) is 12.6 Å². The van der Waals surface area contributed by atoms with E-state index in [9.17, 15) is 0 Å². The molecule has 1 saturated heterocycles. The van der Waals surface area contributed by atoms with Gasteiger partial charge in [-0.25, -0.2) is 4.98 Å². The minimum atomic E-state index is 0. The van der Waals surface area contributed by atoms with Crippen LogP contribution in [0.4, 0.5) is 0 Å². The van der Waals surface area contributed by atoms with E-state index in [2.05, 4.69) is 69.3 Å². The zero-order valence-electron chi connectivity index (χ0n) is 16.3. The third-order valence-electron chi connectivity index (χ3n) is 5.28. The summed E-state index contributed by atoms with van der Waals surface area (Å²) in [6.45, 7) is 3.74. The van der Waals surface area contributed by atoms with Gasteiger partial charge < -0.3 is 14.6 Å². The van der Waals surface area contributed by atoms with Crippen LogP contribution < -0.4 is 10.1 Å². The number of hydrogen-bond acceptors (Lipinski definition) is 4. The number of nitrogens with one attached hydrogen (secondary N) is 1. The van der Waals surface area contributed by atoms with Gasteiger partial charge in [-0.05, 0) is 17.2 Å². The predicted octanol–water partition coefficient (Wildman–Crippen LogP) is 3.66. The first-order valence-corrected chi connectivity index (χ1v) is 9.40. The van der Waals surface area contributed by atoms with Crippen molar-refractivity contribution in [2.24, 2.45) is 7.05 Å². The van der Waals surface area contributed by atoms with Crippen LogP contribution in [0.3, 0.4) is 0 Å². The van der Waals surface area contributed by atoms with Crippen LogP contribution in [0.2, 0.25) is 0 Å². The normalized spacial score (nSPS) is 17.1. The Balaban J connectivity index is 0.00000225. The second kappa shape index (κ2) is 9.24. The number of ether oxygens (including phenoxy) is 1. The average Bonchev–Trinajstić information content (AvgIpc) is 3.15. The molecule has 0 aliphatic carbocycles. The smallest absolute Gasteiger partial charge is 0.127 e. The van der Waals surface area contributed by atoms with Gasteiger partial charge in [-0.1, -0.05) is 42.5 Å². The molecular weight excluding hydrogens is 372 g/mol. The topological polar surface area (TPSA) is 42.3 Å². The van der Waals surface area contributed by atoms with Gasteiger partial charge in [0.2, 0.25) is 0 Å². The third-order valence-corrected chi connectivity index (χ3v) is 5.28. The van der Waals surface area contributed by atoms with Gasteiger partial charge in [0.15, 0.2) is 0 Å². The highest BCUT2D eigenvalue weighted by molar-refractivity contribution is 5.85. The molecule has 0 bridgehead atoms. The van der Waals surface area contributed by atoms with Crippen LogP contribution in [0.25, 0.3) is 11.1 Å². The van der Waals surface area contributed by atoms with Gasteiger partial charge in [0.25, 0.3) is 0 Å². The summed E-state index contributed by atoms with van der Waals surface area (Å²) in [5.74, 6) is 2.04. The van der Waals surface area contributed by atoms with E-state index in [-0.39, 0.29) is 18.4 Å². The highest BCUT2D eigenvalue weighted by atomic mass is 35.5. The number of hydrogen-bond donors (Lipinski definition) is 1. The van der Waals surface area contributed by atoms with E-state index in [4.69, 9.17) is 4.74 Å². The van der Waals surface area contributed by atoms with E-state index < -0.39 is 0 Å². The van der Waals surface area contributed by atoms with E-state index in [1.807, 2.05) is 18.5 Å². The Bertz CT molecular complexity index is 897. The highest BCUT2D eigenvalue weighted by Gasteiger charge is 2.27. The molecule has 4 rings (SSSR count). The summed E-state index contributed by atoms with van der Waals surface area (Å²) in [4.78, 5) is 7.06. The van der Waals surface area contributed by atoms with E-state index in [0.717, 1.165) is 37.8 Å². The summed E-state index contributed by atoms with van der Waals surface area (Å²) < 4.78 is 7.85. The molecule has 28 heavy (non-hydrogen) atoms. The Morgan fingerprint density at radius 2 is 1.96 bits per heavy atom. The Labute approximate surface area is 172 Å². The van der Waals surface area contributed by atoms with Crippen LogP contribution in [0.5, 0.6) is 5.75 Å². The second-order valence-corrected chi connectivity index (χ2v) is 6.98. The number of aryl methyl sites for hydroxylation is 1. The van der Waals surface area contributed by atoms with Crippen molar-refractivity contribution in [1.82, 2.24) is 19.8 Å². The monoisotopic (exact) mass is 398 g/mol. The molecule has 2 aromatic carbocycles. The molecule has 3 aromatic rings. The number of halogens is 1. The number of rotatable bonds is 5. The van der Waals surface area contributed by atoms with E-state index in [1.54, 1.807) is 7.11 Å². The lowest BCUT2D eigenvalue weighted by Crippen LogP contribution is -2.46. The van der Waals surface area contributed by atoms with Gasteiger partial charge in [0, 0.05) is 51.2 Å². The Morgan fingerprint density at radius 1 is 1.14 bits per heavy atom. The van der Waals surface area contributed by atoms with Crippen molar-refractivity contribution in [3.63, 3.8) is 0 Å². The molecule has 0 spiro atoms. The van der Waals surface area contributed by atoms with Gasteiger partial charge in [0.1, 0.15) is 11.6 Å². The first-order valence-electron chi connectivity index (χ1n) is 9.40. The number of nitrogens with zero attached hydrogens (tertiary/aromatic N) is 3. The summed E-state index contributed by atoms with van der Waals surface area (Å²) in [6, 6.07) is 17.2. The van der Waals surface area contributed by atoms with Crippen LogP contribution in [0.15, 0.2) is 60.9 Å². The lowest BCUT2D eigenvalue weighted by molar-refractivity contribution is 0.143. The van der Waals surface area contributed by atoms with Crippen LogP contribution in [-0.2, 0) is 13.6 Å². The first kappa shape index (κ1) is 20.4. The lowest BCUT2D eigenvalue weighted by Gasteiger charge is -2.36. The van der Waals surface area contributed by atoms with Crippen molar-refractivity contribution >= 4 is 12.4 Å². The second-order valence-electron chi connectivity index (χ2n) is 6.98. The van der Waals surface area contributed by atoms with Crippen LogP contribution in [-0.4, -0.2) is 41.2 Å². The minimum Gasteiger partial charge on any atom is -0.496 e. The molecule has 0 radical (unpaired) electrons. The Hall–Kier alpha value is -2.34. The number of methoxy groups -OCH3 is 1. The highest BCUT2D eigenvalue weighted by Crippen LogP contribution is 2.30. The largest absolute Gasteiger partial charge is 0.496 e. The van der Waals surface area contributed by atoms with Crippen molar-refractivity contribution in [3.8, 4) is 16.9 Å². The fourth-order valence-electron chi connectivity index (χ4n) is 3.79.